The number of hydrogen-bond acceptors (Lipinski definition) is 3. The van der Waals surface area contributed by atoms with Crippen LogP contribution in [0.4, 0.5) is 0 Å². The van der Waals surface area contributed by atoms with Crippen molar-refractivity contribution in [2.75, 3.05) is 6.61 Å². The lowest BCUT2D eigenvalue weighted by atomic mass is 10.1. The van der Waals surface area contributed by atoms with E-state index >= 15 is 0 Å². The zero-order valence-electron chi connectivity index (χ0n) is 7.30. The molecule has 2 N–H and O–H groups in total. The van der Waals surface area contributed by atoms with Crippen molar-refractivity contribution in [2.24, 2.45) is 5.73 Å². The maximum atomic E-state index is 5.99. The molecule has 0 fully saturated rings. The van der Waals surface area contributed by atoms with Crippen LogP contribution in [0.1, 0.15) is 18.0 Å². The molecule has 0 aromatic carbocycles. The van der Waals surface area contributed by atoms with Gasteiger partial charge >= 0.3 is 0 Å². The fourth-order valence-electron chi connectivity index (χ4n) is 1.37. The highest BCUT2D eigenvalue weighted by Crippen LogP contribution is 2.37. The third-order valence-corrected chi connectivity index (χ3v) is 3.57. The predicted octanol–water partition coefficient (Wildman–Crippen LogP) is 3.36. The van der Waals surface area contributed by atoms with Crippen molar-refractivity contribution in [3.05, 3.63) is 32.1 Å². The molecular weight excluding hydrogens is 241 g/mol. The van der Waals surface area contributed by atoms with Crippen molar-refractivity contribution in [1.82, 2.24) is 0 Å². The smallest absolute Gasteiger partial charge is 0.113 e. The van der Waals surface area contributed by atoms with E-state index < -0.39 is 0 Å². The van der Waals surface area contributed by atoms with E-state index in [0.717, 1.165) is 17.7 Å². The molecule has 2 rings (SSSR count). The van der Waals surface area contributed by atoms with E-state index in [1.807, 2.05) is 6.08 Å². The highest BCUT2D eigenvalue weighted by molar-refractivity contribution is 7.20. The number of rotatable bonds is 2. The molecule has 0 bridgehead atoms. The average molecular weight is 250 g/mol. The summed E-state index contributed by atoms with van der Waals surface area (Å²) < 4.78 is 6.66. The van der Waals surface area contributed by atoms with Crippen LogP contribution in [0.25, 0.3) is 0 Å². The van der Waals surface area contributed by atoms with Gasteiger partial charge in [0.25, 0.3) is 0 Å². The number of thiophene rings is 1. The van der Waals surface area contributed by atoms with E-state index in [9.17, 15) is 0 Å². The topological polar surface area (TPSA) is 35.2 Å². The molecule has 0 aliphatic carbocycles. The molecular formula is C9H9Cl2NOS. The summed E-state index contributed by atoms with van der Waals surface area (Å²) in [6.45, 7) is 0.707. The van der Waals surface area contributed by atoms with Crippen molar-refractivity contribution < 1.29 is 4.74 Å². The van der Waals surface area contributed by atoms with Gasteiger partial charge in [-0.3, -0.25) is 0 Å². The van der Waals surface area contributed by atoms with Crippen LogP contribution < -0.4 is 5.73 Å². The largest absolute Gasteiger partial charge is 0.496 e. The lowest BCUT2D eigenvalue weighted by Crippen LogP contribution is -2.13. The Bertz CT molecular complexity index is 375. The van der Waals surface area contributed by atoms with E-state index in [1.54, 1.807) is 6.07 Å². The first-order chi connectivity index (χ1) is 6.68. The predicted molar refractivity (Wildman–Crippen MR) is 59.9 cm³/mol. The zero-order valence-corrected chi connectivity index (χ0v) is 9.62. The first kappa shape index (κ1) is 10.3. The summed E-state index contributed by atoms with van der Waals surface area (Å²) in [6.07, 6.45) is 2.91. The number of hydrogen-bond donors (Lipinski definition) is 1. The van der Waals surface area contributed by atoms with Gasteiger partial charge in [0, 0.05) is 12.0 Å². The minimum absolute atomic E-state index is 0.284. The van der Waals surface area contributed by atoms with Crippen molar-refractivity contribution in [2.45, 2.75) is 12.5 Å². The third-order valence-electron chi connectivity index (χ3n) is 2.06. The molecule has 5 heteroatoms. The number of nitrogens with two attached hydrogens (primary N) is 1. The first-order valence-corrected chi connectivity index (χ1v) is 5.79. The Balaban J connectivity index is 2.25. The molecule has 1 aliphatic heterocycles. The van der Waals surface area contributed by atoms with Crippen molar-refractivity contribution in [3.63, 3.8) is 0 Å². The summed E-state index contributed by atoms with van der Waals surface area (Å²) in [4.78, 5) is 0. The van der Waals surface area contributed by atoms with Crippen LogP contribution in [0.15, 0.2) is 17.9 Å². The SMILES string of the molecule is NC(C1=CCCO1)c1cc(Cl)sc1Cl. The van der Waals surface area contributed by atoms with E-state index in [1.165, 1.54) is 11.3 Å². The summed E-state index contributed by atoms with van der Waals surface area (Å²) in [5.74, 6) is 0.793. The summed E-state index contributed by atoms with van der Waals surface area (Å²) in [5, 5.41) is 0. The highest BCUT2D eigenvalue weighted by Gasteiger charge is 2.20. The van der Waals surface area contributed by atoms with Gasteiger partial charge in [0.05, 0.1) is 21.3 Å². The van der Waals surface area contributed by atoms with Crippen LogP contribution >= 0.6 is 34.5 Å². The van der Waals surface area contributed by atoms with Gasteiger partial charge in [-0.15, -0.1) is 11.3 Å². The Labute approximate surface area is 96.3 Å². The Kier molecular flexibility index (Phi) is 3.02. The van der Waals surface area contributed by atoms with Crippen LogP contribution in [0.2, 0.25) is 8.67 Å². The van der Waals surface area contributed by atoms with Gasteiger partial charge in [-0.2, -0.15) is 0 Å². The van der Waals surface area contributed by atoms with Crippen LogP contribution in [0, 0.1) is 0 Å². The molecule has 0 radical (unpaired) electrons. The lowest BCUT2D eigenvalue weighted by Gasteiger charge is -2.11. The molecule has 1 unspecified atom stereocenters. The summed E-state index contributed by atoms with van der Waals surface area (Å²) >= 11 is 13.1. The van der Waals surface area contributed by atoms with Crippen molar-refractivity contribution in [1.29, 1.82) is 0 Å². The van der Waals surface area contributed by atoms with Gasteiger partial charge in [0.15, 0.2) is 0 Å². The van der Waals surface area contributed by atoms with E-state index in [-0.39, 0.29) is 6.04 Å². The maximum absolute atomic E-state index is 5.99. The lowest BCUT2D eigenvalue weighted by molar-refractivity contribution is 0.225. The minimum Gasteiger partial charge on any atom is -0.496 e. The molecule has 2 heterocycles. The number of halogens is 2. The monoisotopic (exact) mass is 249 g/mol. The van der Waals surface area contributed by atoms with Crippen LogP contribution in [-0.4, -0.2) is 6.61 Å². The minimum atomic E-state index is -0.284. The summed E-state index contributed by atoms with van der Waals surface area (Å²) in [5.41, 5.74) is 6.83. The Hall–Kier alpha value is -0.220. The molecule has 14 heavy (non-hydrogen) atoms. The Morgan fingerprint density at radius 3 is 2.79 bits per heavy atom. The van der Waals surface area contributed by atoms with Gasteiger partial charge < -0.3 is 10.5 Å². The number of ether oxygens (including phenoxy) is 1. The standard InChI is InChI=1S/C9H9Cl2NOS/c10-7-4-5(9(11)14-7)8(12)6-2-1-3-13-6/h2,4,8H,1,3,12H2. The molecule has 0 saturated carbocycles. The third kappa shape index (κ3) is 1.91. The van der Waals surface area contributed by atoms with Gasteiger partial charge in [-0.1, -0.05) is 23.2 Å². The molecule has 0 saturated heterocycles. The van der Waals surface area contributed by atoms with Gasteiger partial charge in [-0.25, -0.2) is 0 Å². The van der Waals surface area contributed by atoms with Gasteiger partial charge in [0.1, 0.15) is 5.76 Å². The second-order valence-corrected chi connectivity index (χ2v) is 5.29. The van der Waals surface area contributed by atoms with Crippen molar-refractivity contribution >= 4 is 34.5 Å². The summed E-state index contributed by atoms with van der Waals surface area (Å²) in [6, 6.07) is 1.51. The quantitative estimate of drug-likeness (QED) is 0.873. The molecule has 0 spiro atoms. The van der Waals surface area contributed by atoms with E-state index in [4.69, 9.17) is 33.7 Å². The van der Waals surface area contributed by atoms with E-state index in [2.05, 4.69) is 0 Å². The maximum Gasteiger partial charge on any atom is 0.113 e. The first-order valence-electron chi connectivity index (χ1n) is 4.21. The zero-order chi connectivity index (χ0) is 10.1. The normalized spacial score (nSPS) is 17.8. The van der Waals surface area contributed by atoms with Crippen LogP contribution in [0.3, 0.4) is 0 Å². The average Bonchev–Trinajstić information content (AvgIpc) is 2.73. The molecule has 0 amide bonds. The second-order valence-electron chi connectivity index (χ2n) is 3.00. The molecule has 1 atom stereocenters. The molecule has 1 aliphatic rings. The highest BCUT2D eigenvalue weighted by atomic mass is 35.5. The fourth-order valence-corrected chi connectivity index (χ4v) is 2.92. The van der Waals surface area contributed by atoms with Gasteiger partial charge in [0.2, 0.25) is 0 Å². The Morgan fingerprint density at radius 2 is 2.29 bits per heavy atom. The summed E-state index contributed by atoms with van der Waals surface area (Å²) in [7, 11) is 0. The van der Waals surface area contributed by atoms with E-state index in [0.29, 0.717) is 15.3 Å². The molecule has 2 nitrogen and oxygen atoms in total. The van der Waals surface area contributed by atoms with Crippen LogP contribution in [-0.2, 0) is 4.74 Å². The molecule has 1 aromatic heterocycles. The Morgan fingerprint density at radius 1 is 1.50 bits per heavy atom. The van der Waals surface area contributed by atoms with Gasteiger partial charge in [-0.05, 0) is 12.1 Å². The molecule has 1 aromatic rings. The fraction of sp³-hybridized carbons (Fsp3) is 0.333. The van der Waals surface area contributed by atoms with Crippen LogP contribution in [0.5, 0.6) is 0 Å². The second kappa shape index (κ2) is 4.11. The van der Waals surface area contributed by atoms with Crippen molar-refractivity contribution in [3.8, 4) is 0 Å². The molecule has 76 valence electrons.